The Balaban J connectivity index is 2.34. The van der Waals surface area contributed by atoms with Gasteiger partial charge in [0.05, 0.1) is 13.0 Å². The first-order chi connectivity index (χ1) is 7.22. The number of anilines is 1. The molecule has 0 atom stereocenters. The van der Waals surface area contributed by atoms with Crippen molar-refractivity contribution in [3.63, 3.8) is 0 Å². The Kier molecular flexibility index (Phi) is 5.56. The molecule has 1 aromatic rings. The lowest BCUT2D eigenvalue weighted by molar-refractivity contribution is -0.117. The van der Waals surface area contributed by atoms with Gasteiger partial charge in [-0.2, -0.15) is 0 Å². The van der Waals surface area contributed by atoms with E-state index >= 15 is 0 Å². The first-order valence-electron chi connectivity index (χ1n) is 4.71. The third-order valence-electron chi connectivity index (χ3n) is 1.67. The van der Waals surface area contributed by atoms with E-state index in [-0.39, 0.29) is 5.91 Å². The summed E-state index contributed by atoms with van der Waals surface area (Å²) in [7, 11) is 0. The largest absolute Gasteiger partial charge is 0.381 e. The molecule has 1 aromatic heterocycles. The van der Waals surface area contributed by atoms with Crippen LogP contribution in [-0.2, 0) is 9.53 Å². The van der Waals surface area contributed by atoms with E-state index in [0.717, 1.165) is 3.57 Å². The summed E-state index contributed by atoms with van der Waals surface area (Å²) in [6.07, 6.45) is 2.07. The minimum atomic E-state index is -0.0721. The smallest absolute Gasteiger partial charge is 0.227 e. The number of nitrogens with one attached hydrogen (secondary N) is 1. The number of rotatable bonds is 5. The molecule has 0 aliphatic rings. The molecule has 4 nitrogen and oxygen atoms in total. The number of ether oxygens (including phenoxy) is 1. The fraction of sp³-hybridized carbons (Fsp3) is 0.400. The summed E-state index contributed by atoms with van der Waals surface area (Å²) < 4.78 is 6.12. The summed E-state index contributed by atoms with van der Waals surface area (Å²) in [4.78, 5) is 15.4. The molecule has 15 heavy (non-hydrogen) atoms. The lowest BCUT2D eigenvalue weighted by atomic mass is 10.4. The number of pyridine rings is 1. The predicted octanol–water partition coefficient (Wildman–Crippen LogP) is 2.05. The van der Waals surface area contributed by atoms with Crippen LogP contribution in [-0.4, -0.2) is 24.1 Å². The molecular weight excluding hydrogens is 307 g/mol. The number of hydrogen-bond acceptors (Lipinski definition) is 3. The van der Waals surface area contributed by atoms with Gasteiger partial charge >= 0.3 is 0 Å². The number of carbonyl (C=O) groups is 1. The van der Waals surface area contributed by atoms with E-state index in [1.807, 2.05) is 13.0 Å². The first kappa shape index (κ1) is 12.4. The highest BCUT2D eigenvalue weighted by Gasteiger charge is 2.02. The zero-order valence-electron chi connectivity index (χ0n) is 8.50. The number of aromatic nitrogens is 1. The van der Waals surface area contributed by atoms with E-state index in [4.69, 9.17) is 4.74 Å². The van der Waals surface area contributed by atoms with Crippen molar-refractivity contribution >= 4 is 34.3 Å². The summed E-state index contributed by atoms with van der Waals surface area (Å²) in [5.74, 6) is 0.508. The van der Waals surface area contributed by atoms with Gasteiger partial charge in [-0.05, 0) is 41.6 Å². The van der Waals surface area contributed by atoms with Crippen LogP contribution in [0.5, 0.6) is 0 Å². The van der Waals surface area contributed by atoms with E-state index in [0.29, 0.717) is 25.5 Å². The normalized spacial score (nSPS) is 10.0. The second-order valence-electron chi connectivity index (χ2n) is 2.86. The Hall–Kier alpha value is -0.690. The molecule has 0 saturated carbocycles. The van der Waals surface area contributed by atoms with Gasteiger partial charge in [-0.25, -0.2) is 4.98 Å². The van der Waals surface area contributed by atoms with Gasteiger partial charge in [0.15, 0.2) is 0 Å². The molecule has 0 aromatic carbocycles. The van der Waals surface area contributed by atoms with Crippen LogP contribution in [0.15, 0.2) is 18.3 Å². The molecule has 5 heteroatoms. The molecular formula is C10H13IN2O2. The Labute approximate surface area is 103 Å². The van der Waals surface area contributed by atoms with Crippen LogP contribution in [0.2, 0.25) is 0 Å². The van der Waals surface area contributed by atoms with Crippen molar-refractivity contribution in [2.45, 2.75) is 13.3 Å². The SMILES string of the molecule is CCOCCC(=O)Nc1ccc(I)cn1. The van der Waals surface area contributed by atoms with Crippen LogP contribution in [0.25, 0.3) is 0 Å². The topological polar surface area (TPSA) is 51.2 Å². The van der Waals surface area contributed by atoms with Crippen LogP contribution in [0.1, 0.15) is 13.3 Å². The molecule has 0 unspecified atom stereocenters. The van der Waals surface area contributed by atoms with Gasteiger partial charge in [-0.3, -0.25) is 4.79 Å². The van der Waals surface area contributed by atoms with E-state index in [1.165, 1.54) is 0 Å². The standard InChI is InChI=1S/C10H13IN2O2/c1-2-15-6-5-10(14)13-9-4-3-8(11)7-12-9/h3-4,7H,2,5-6H2,1H3,(H,12,13,14). The third kappa shape index (κ3) is 5.08. The van der Waals surface area contributed by atoms with Crippen LogP contribution >= 0.6 is 22.6 Å². The molecule has 0 saturated heterocycles. The van der Waals surface area contributed by atoms with Gasteiger partial charge in [0.25, 0.3) is 0 Å². The van der Waals surface area contributed by atoms with E-state index in [2.05, 4.69) is 32.9 Å². The Bertz CT molecular complexity index is 314. The Morgan fingerprint density at radius 3 is 3.00 bits per heavy atom. The number of halogens is 1. The third-order valence-corrected chi connectivity index (χ3v) is 2.31. The summed E-state index contributed by atoms with van der Waals surface area (Å²) >= 11 is 2.16. The first-order valence-corrected chi connectivity index (χ1v) is 5.79. The van der Waals surface area contributed by atoms with E-state index in [9.17, 15) is 4.79 Å². The fourth-order valence-electron chi connectivity index (χ4n) is 0.964. The summed E-state index contributed by atoms with van der Waals surface area (Å²) in [5.41, 5.74) is 0. The van der Waals surface area contributed by atoms with Crippen LogP contribution in [0, 0.1) is 3.57 Å². The molecule has 0 fully saturated rings. The lowest BCUT2D eigenvalue weighted by Gasteiger charge is -2.04. The minimum Gasteiger partial charge on any atom is -0.381 e. The van der Waals surface area contributed by atoms with Gasteiger partial charge in [-0.15, -0.1) is 0 Å². The zero-order chi connectivity index (χ0) is 11.1. The van der Waals surface area contributed by atoms with Crippen molar-refractivity contribution < 1.29 is 9.53 Å². The second kappa shape index (κ2) is 6.73. The van der Waals surface area contributed by atoms with Crippen LogP contribution < -0.4 is 5.32 Å². The average molecular weight is 320 g/mol. The zero-order valence-corrected chi connectivity index (χ0v) is 10.7. The predicted molar refractivity (Wildman–Crippen MR) is 66.7 cm³/mol. The molecule has 0 aliphatic heterocycles. The van der Waals surface area contributed by atoms with Gasteiger partial charge in [0, 0.05) is 16.4 Å². The molecule has 82 valence electrons. The number of hydrogen-bond donors (Lipinski definition) is 1. The number of carbonyl (C=O) groups excluding carboxylic acids is 1. The fourth-order valence-corrected chi connectivity index (χ4v) is 1.28. The number of amides is 1. The summed E-state index contributed by atoms with van der Waals surface area (Å²) in [6.45, 7) is 2.99. The highest BCUT2D eigenvalue weighted by molar-refractivity contribution is 14.1. The highest BCUT2D eigenvalue weighted by Crippen LogP contribution is 2.07. The maximum absolute atomic E-state index is 11.3. The molecule has 0 bridgehead atoms. The lowest BCUT2D eigenvalue weighted by Crippen LogP contribution is -2.14. The van der Waals surface area contributed by atoms with Crippen LogP contribution in [0.3, 0.4) is 0 Å². The average Bonchev–Trinajstić information content (AvgIpc) is 2.22. The van der Waals surface area contributed by atoms with Crippen molar-refractivity contribution in [1.29, 1.82) is 0 Å². The second-order valence-corrected chi connectivity index (χ2v) is 4.10. The molecule has 1 rings (SSSR count). The van der Waals surface area contributed by atoms with Crippen molar-refractivity contribution in [1.82, 2.24) is 4.98 Å². The number of nitrogens with zero attached hydrogens (tertiary/aromatic N) is 1. The molecule has 0 spiro atoms. The molecule has 1 N–H and O–H groups in total. The monoisotopic (exact) mass is 320 g/mol. The van der Waals surface area contributed by atoms with Crippen molar-refractivity contribution in [3.05, 3.63) is 21.9 Å². The van der Waals surface area contributed by atoms with Crippen molar-refractivity contribution in [3.8, 4) is 0 Å². The maximum Gasteiger partial charge on any atom is 0.227 e. The van der Waals surface area contributed by atoms with Crippen molar-refractivity contribution in [2.24, 2.45) is 0 Å². The molecule has 1 amide bonds. The van der Waals surface area contributed by atoms with Crippen molar-refractivity contribution in [2.75, 3.05) is 18.5 Å². The Morgan fingerprint density at radius 2 is 2.40 bits per heavy atom. The maximum atomic E-state index is 11.3. The Morgan fingerprint density at radius 1 is 1.60 bits per heavy atom. The molecule has 0 aliphatic carbocycles. The van der Waals surface area contributed by atoms with E-state index < -0.39 is 0 Å². The summed E-state index contributed by atoms with van der Waals surface area (Å²) in [5, 5.41) is 2.69. The van der Waals surface area contributed by atoms with Gasteiger partial charge in [0.1, 0.15) is 5.82 Å². The quantitative estimate of drug-likeness (QED) is 0.667. The highest BCUT2D eigenvalue weighted by atomic mass is 127. The summed E-state index contributed by atoms with van der Waals surface area (Å²) in [6, 6.07) is 3.67. The van der Waals surface area contributed by atoms with E-state index in [1.54, 1.807) is 12.3 Å². The molecule has 1 heterocycles. The van der Waals surface area contributed by atoms with Gasteiger partial charge in [-0.1, -0.05) is 0 Å². The van der Waals surface area contributed by atoms with Gasteiger partial charge < -0.3 is 10.1 Å². The van der Waals surface area contributed by atoms with Crippen LogP contribution in [0.4, 0.5) is 5.82 Å². The molecule has 0 radical (unpaired) electrons. The minimum absolute atomic E-state index is 0.0721. The van der Waals surface area contributed by atoms with Gasteiger partial charge in [0.2, 0.25) is 5.91 Å².